The molecule has 2 atom stereocenters. The fourth-order valence-corrected chi connectivity index (χ4v) is 3.56. The quantitative estimate of drug-likeness (QED) is 0.900. The Morgan fingerprint density at radius 1 is 1.33 bits per heavy atom. The van der Waals surface area contributed by atoms with E-state index in [9.17, 15) is 4.79 Å². The van der Waals surface area contributed by atoms with Gasteiger partial charge in [-0.2, -0.15) is 0 Å². The lowest BCUT2D eigenvalue weighted by Gasteiger charge is -2.35. The SMILES string of the molecule is Cc1cc(C)cc(CN2CCCC(C(C)CC(=O)O)C2)c1. The van der Waals surface area contributed by atoms with Crippen molar-refractivity contribution < 1.29 is 9.90 Å². The first-order valence-corrected chi connectivity index (χ1v) is 7.95. The van der Waals surface area contributed by atoms with Crippen LogP contribution in [-0.4, -0.2) is 29.1 Å². The van der Waals surface area contributed by atoms with Crippen LogP contribution in [0.4, 0.5) is 0 Å². The molecule has 2 rings (SSSR count). The Hall–Kier alpha value is -1.35. The van der Waals surface area contributed by atoms with Gasteiger partial charge >= 0.3 is 5.97 Å². The molecule has 0 aromatic heterocycles. The lowest BCUT2D eigenvalue weighted by molar-refractivity contribution is -0.138. The molecule has 0 spiro atoms. The van der Waals surface area contributed by atoms with Crippen molar-refractivity contribution >= 4 is 5.97 Å². The van der Waals surface area contributed by atoms with Crippen LogP contribution in [0.5, 0.6) is 0 Å². The van der Waals surface area contributed by atoms with Gasteiger partial charge in [0.1, 0.15) is 0 Å². The average Bonchev–Trinajstić information content (AvgIpc) is 2.37. The highest BCUT2D eigenvalue weighted by molar-refractivity contribution is 5.67. The Balaban J connectivity index is 1.96. The van der Waals surface area contributed by atoms with E-state index in [2.05, 4.69) is 43.9 Å². The average molecular weight is 289 g/mol. The molecule has 0 radical (unpaired) electrons. The van der Waals surface area contributed by atoms with Gasteiger partial charge in [0.25, 0.3) is 0 Å². The minimum Gasteiger partial charge on any atom is -0.481 e. The van der Waals surface area contributed by atoms with Gasteiger partial charge in [0, 0.05) is 19.5 Å². The summed E-state index contributed by atoms with van der Waals surface area (Å²) >= 11 is 0. The van der Waals surface area contributed by atoms with Crippen LogP contribution in [0, 0.1) is 25.7 Å². The van der Waals surface area contributed by atoms with Crippen LogP contribution in [0.15, 0.2) is 18.2 Å². The first kappa shape index (κ1) is 16.0. The molecule has 3 nitrogen and oxygen atoms in total. The van der Waals surface area contributed by atoms with E-state index in [0.29, 0.717) is 12.3 Å². The second kappa shape index (κ2) is 7.08. The highest BCUT2D eigenvalue weighted by Crippen LogP contribution is 2.27. The molecule has 2 unspecified atom stereocenters. The maximum atomic E-state index is 10.9. The van der Waals surface area contributed by atoms with Crippen LogP contribution in [0.3, 0.4) is 0 Å². The number of carbonyl (C=O) groups is 1. The maximum absolute atomic E-state index is 10.9. The summed E-state index contributed by atoms with van der Waals surface area (Å²) in [7, 11) is 0. The summed E-state index contributed by atoms with van der Waals surface area (Å²) < 4.78 is 0. The van der Waals surface area contributed by atoms with Crippen molar-refractivity contribution in [2.75, 3.05) is 13.1 Å². The van der Waals surface area contributed by atoms with Crippen molar-refractivity contribution in [1.29, 1.82) is 0 Å². The number of benzene rings is 1. The minimum atomic E-state index is -0.672. The summed E-state index contributed by atoms with van der Waals surface area (Å²) in [6.07, 6.45) is 2.64. The van der Waals surface area contributed by atoms with Crippen molar-refractivity contribution in [2.45, 2.75) is 46.6 Å². The van der Waals surface area contributed by atoms with E-state index in [1.54, 1.807) is 0 Å². The van der Waals surface area contributed by atoms with Gasteiger partial charge in [-0.3, -0.25) is 9.69 Å². The molecule has 0 aliphatic carbocycles. The van der Waals surface area contributed by atoms with Crippen LogP contribution in [-0.2, 0) is 11.3 Å². The lowest BCUT2D eigenvalue weighted by Crippen LogP contribution is -2.37. The third-order valence-corrected chi connectivity index (χ3v) is 4.53. The number of aryl methyl sites for hydroxylation is 2. The Labute approximate surface area is 128 Å². The molecular formula is C18H27NO2. The number of likely N-dealkylation sites (tertiary alicyclic amines) is 1. The first-order valence-electron chi connectivity index (χ1n) is 7.95. The Kier molecular flexibility index (Phi) is 5.40. The van der Waals surface area contributed by atoms with Gasteiger partial charge in [0.05, 0.1) is 0 Å². The Morgan fingerprint density at radius 3 is 2.62 bits per heavy atom. The fraction of sp³-hybridized carbons (Fsp3) is 0.611. The zero-order chi connectivity index (χ0) is 15.4. The Morgan fingerprint density at radius 2 is 2.00 bits per heavy atom. The van der Waals surface area contributed by atoms with E-state index in [0.717, 1.165) is 26.1 Å². The molecule has 1 aliphatic rings. The summed E-state index contributed by atoms with van der Waals surface area (Å²) in [5.74, 6) is 0.110. The zero-order valence-corrected chi connectivity index (χ0v) is 13.4. The van der Waals surface area contributed by atoms with E-state index in [1.165, 1.54) is 23.1 Å². The summed E-state index contributed by atoms with van der Waals surface area (Å²) in [6.45, 7) is 9.51. The molecular weight excluding hydrogens is 262 g/mol. The van der Waals surface area contributed by atoms with E-state index < -0.39 is 5.97 Å². The molecule has 1 aliphatic heterocycles. The fourth-order valence-electron chi connectivity index (χ4n) is 3.56. The molecule has 0 amide bonds. The third kappa shape index (κ3) is 4.85. The Bertz CT molecular complexity index is 478. The second-order valence-corrected chi connectivity index (χ2v) is 6.71. The predicted molar refractivity (Wildman–Crippen MR) is 85.3 cm³/mol. The van der Waals surface area contributed by atoms with E-state index in [1.807, 2.05) is 0 Å². The van der Waals surface area contributed by atoms with E-state index in [4.69, 9.17) is 5.11 Å². The van der Waals surface area contributed by atoms with Crippen LogP contribution in [0.25, 0.3) is 0 Å². The number of rotatable bonds is 5. The highest BCUT2D eigenvalue weighted by atomic mass is 16.4. The lowest BCUT2D eigenvalue weighted by atomic mass is 9.84. The number of carboxylic acid groups (broad SMARTS) is 1. The highest BCUT2D eigenvalue weighted by Gasteiger charge is 2.25. The van der Waals surface area contributed by atoms with Gasteiger partial charge < -0.3 is 5.11 Å². The molecule has 1 saturated heterocycles. The van der Waals surface area contributed by atoms with Crippen LogP contribution in [0.1, 0.15) is 42.9 Å². The summed E-state index contributed by atoms with van der Waals surface area (Å²) in [5.41, 5.74) is 4.01. The van der Waals surface area contributed by atoms with Crippen molar-refractivity contribution in [3.63, 3.8) is 0 Å². The van der Waals surface area contributed by atoms with E-state index in [-0.39, 0.29) is 5.92 Å². The molecule has 116 valence electrons. The largest absolute Gasteiger partial charge is 0.481 e. The van der Waals surface area contributed by atoms with Crippen molar-refractivity contribution in [2.24, 2.45) is 11.8 Å². The number of carboxylic acids is 1. The van der Waals surface area contributed by atoms with Gasteiger partial charge in [-0.25, -0.2) is 0 Å². The monoisotopic (exact) mass is 289 g/mol. The van der Waals surface area contributed by atoms with Crippen LogP contribution >= 0.6 is 0 Å². The summed E-state index contributed by atoms with van der Waals surface area (Å²) in [6, 6.07) is 6.73. The molecule has 1 aromatic rings. The minimum absolute atomic E-state index is 0.268. The third-order valence-electron chi connectivity index (χ3n) is 4.53. The van der Waals surface area contributed by atoms with Gasteiger partial charge in [-0.1, -0.05) is 36.2 Å². The zero-order valence-electron chi connectivity index (χ0n) is 13.4. The molecule has 1 heterocycles. The number of aliphatic carboxylic acids is 1. The number of hydrogen-bond donors (Lipinski definition) is 1. The van der Waals surface area contributed by atoms with Gasteiger partial charge in [-0.15, -0.1) is 0 Å². The van der Waals surface area contributed by atoms with Gasteiger partial charge in [0.15, 0.2) is 0 Å². The van der Waals surface area contributed by atoms with Crippen LogP contribution in [0.2, 0.25) is 0 Å². The number of nitrogens with zero attached hydrogens (tertiary/aromatic N) is 1. The van der Waals surface area contributed by atoms with Gasteiger partial charge in [0.2, 0.25) is 0 Å². The second-order valence-electron chi connectivity index (χ2n) is 6.71. The molecule has 1 N–H and O–H groups in total. The maximum Gasteiger partial charge on any atom is 0.303 e. The van der Waals surface area contributed by atoms with E-state index >= 15 is 0 Å². The first-order chi connectivity index (χ1) is 9.94. The summed E-state index contributed by atoms with van der Waals surface area (Å²) in [5, 5.41) is 8.96. The van der Waals surface area contributed by atoms with Gasteiger partial charge in [-0.05, 0) is 50.6 Å². The number of piperidine rings is 1. The topological polar surface area (TPSA) is 40.5 Å². The van der Waals surface area contributed by atoms with Crippen molar-refractivity contribution in [3.05, 3.63) is 34.9 Å². The smallest absolute Gasteiger partial charge is 0.303 e. The van der Waals surface area contributed by atoms with Crippen molar-refractivity contribution in [3.8, 4) is 0 Å². The molecule has 3 heteroatoms. The molecule has 0 saturated carbocycles. The molecule has 21 heavy (non-hydrogen) atoms. The molecule has 1 fully saturated rings. The number of hydrogen-bond acceptors (Lipinski definition) is 2. The standard InChI is InChI=1S/C18H27NO2/c1-13-7-14(2)9-16(8-13)11-19-6-4-5-17(12-19)15(3)10-18(20)21/h7-9,15,17H,4-6,10-12H2,1-3H3,(H,20,21). The summed E-state index contributed by atoms with van der Waals surface area (Å²) in [4.78, 5) is 13.4. The predicted octanol–water partition coefficient (Wildman–Crippen LogP) is 3.63. The molecule has 0 bridgehead atoms. The molecule has 1 aromatic carbocycles. The normalized spacial score (nSPS) is 21.2. The van der Waals surface area contributed by atoms with Crippen LogP contribution < -0.4 is 0 Å². The van der Waals surface area contributed by atoms with Crippen molar-refractivity contribution in [1.82, 2.24) is 4.90 Å².